The lowest BCUT2D eigenvalue weighted by molar-refractivity contribution is -0.137. The number of carbonyl (C=O) groups excluding carboxylic acids is 1. The van der Waals surface area contributed by atoms with Gasteiger partial charge in [0.1, 0.15) is 11.5 Å². The maximum absolute atomic E-state index is 12.7. The lowest BCUT2D eigenvalue weighted by Crippen LogP contribution is -2.10. The van der Waals surface area contributed by atoms with Gasteiger partial charge < -0.3 is 4.74 Å². The summed E-state index contributed by atoms with van der Waals surface area (Å²) in [6.07, 6.45) is -4.27. The molecule has 25 heavy (non-hydrogen) atoms. The van der Waals surface area contributed by atoms with E-state index in [2.05, 4.69) is 15.9 Å². The van der Waals surface area contributed by atoms with Gasteiger partial charge in [-0.1, -0.05) is 39.1 Å². The zero-order chi connectivity index (χ0) is 18.8. The van der Waals surface area contributed by atoms with E-state index in [0.29, 0.717) is 16.3 Å². The molecule has 0 bridgehead atoms. The Morgan fingerprint density at radius 3 is 2.36 bits per heavy atom. The molecule has 2 nitrogen and oxygen atoms in total. The highest BCUT2D eigenvalue weighted by Gasteiger charge is 2.31. The third-order valence-electron chi connectivity index (χ3n) is 3.15. The third-order valence-corrected chi connectivity index (χ3v) is 5.08. The van der Waals surface area contributed by atoms with Gasteiger partial charge in [-0.2, -0.15) is 13.2 Å². The molecule has 0 heterocycles. The summed E-state index contributed by atoms with van der Waals surface area (Å²) in [6, 6.07) is 7.43. The minimum atomic E-state index is -4.49. The molecule has 0 saturated carbocycles. The van der Waals surface area contributed by atoms with Crippen LogP contribution in [0.5, 0.6) is 11.5 Å². The van der Waals surface area contributed by atoms with Gasteiger partial charge in [-0.3, -0.25) is 4.79 Å². The maximum Gasteiger partial charge on any atom is 0.416 e. The van der Waals surface area contributed by atoms with Gasteiger partial charge in [0.25, 0.3) is 0 Å². The standard InChI is InChI=1S/C16H9BrCl3F3O2/c17-11(15(20)24)6-8-5-10(2-3-12(8)18)25-14-4-1-9(7-13(14)19)16(21,22)23/h1-5,7,11H,6H2. The molecule has 0 aliphatic rings. The number of rotatable bonds is 5. The number of carbonyl (C=O) groups is 1. The van der Waals surface area contributed by atoms with Crippen molar-refractivity contribution in [2.75, 3.05) is 0 Å². The molecule has 0 saturated heterocycles. The van der Waals surface area contributed by atoms with Crippen LogP contribution in [0.15, 0.2) is 36.4 Å². The summed E-state index contributed by atoms with van der Waals surface area (Å²) in [5.74, 6) is 0.370. The second kappa shape index (κ2) is 8.16. The van der Waals surface area contributed by atoms with Crippen LogP contribution in [0.2, 0.25) is 10.0 Å². The van der Waals surface area contributed by atoms with Gasteiger partial charge in [-0.25, -0.2) is 0 Å². The third kappa shape index (κ3) is 5.51. The first kappa shape index (κ1) is 20.4. The Morgan fingerprint density at radius 1 is 1.12 bits per heavy atom. The smallest absolute Gasteiger partial charge is 0.416 e. The Kier molecular flexibility index (Phi) is 6.65. The van der Waals surface area contributed by atoms with Gasteiger partial charge >= 0.3 is 6.18 Å². The Hall–Kier alpha value is -0.950. The van der Waals surface area contributed by atoms with Gasteiger partial charge in [-0.15, -0.1) is 0 Å². The van der Waals surface area contributed by atoms with E-state index in [4.69, 9.17) is 39.5 Å². The number of ether oxygens (including phenoxy) is 1. The molecule has 9 heteroatoms. The Balaban J connectivity index is 2.25. The van der Waals surface area contributed by atoms with Crippen molar-refractivity contribution in [3.63, 3.8) is 0 Å². The fraction of sp³-hybridized carbons (Fsp3) is 0.188. The molecule has 1 atom stereocenters. The molecule has 134 valence electrons. The van der Waals surface area contributed by atoms with Crippen LogP contribution >= 0.6 is 50.7 Å². The van der Waals surface area contributed by atoms with Crippen molar-refractivity contribution in [1.29, 1.82) is 0 Å². The van der Waals surface area contributed by atoms with Gasteiger partial charge in [-0.05, 0) is 60.0 Å². The average molecular weight is 477 g/mol. The monoisotopic (exact) mass is 474 g/mol. The largest absolute Gasteiger partial charge is 0.456 e. The predicted octanol–water partition coefficient (Wildman–Crippen LogP) is 6.88. The highest BCUT2D eigenvalue weighted by Crippen LogP contribution is 2.37. The molecule has 0 radical (unpaired) electrons. The van der Waals surface area contributed by atoms with Gasteiger partial charge in [0.05, 0.1) is 15.4 Å². The van der Waals surface area contributed by atoms with Crippen LogP contribution in [0.4, 0.5) is 13.2 Å². The lowest BCUT2D eigenvalue weighted by atomic mass is 10.1. The van der Waals surface area contributed by atoms with Crippen LogP contribution < -0.4 is 4.74 Å². The fourth-order valence-corrected chi connectivity index (χ4v) is 2.77. The molecular formula is C16H9BrCl3F3O2. The summed E-state index contributed by atoms with van der Waals surface area (Å²) >= 11 is 20.5. The van der Waals surface area contributed by atoms with Crippen molar-refractivity contribution < 1.29 is 22.7 Å². The van der Waals surface area contributed by atoms with E-state index in [0.717, 1.165) is 18.2 Å². The van der Waals surface area contributed by atoms with Gasteiger partial charge in [0, 0.05) is 5.02 Å². The van der Waals surface area contributed by atoms with Crippen molar-refractivity contribution in [2.24, 2.45) is 0 Å². The first-order valence-electron chi connectivity index (χ1n) is 6.74. The molecule has 1 unspecified atom stereocenters. The molecule has 0 N–H and O–H groups in total. The molecule has 0 aliphatic carbocycles. The molecule has 0 amide bonds. The van der Waals surface area contributed by atoms with E-state index in [9.17, 15) is 18.0 Å². The highest BCUT2D eigenvalue weighted by molar-refractivity contribution is 9.10. The van der Waals surface area contributed by atoms with Crippen molar-refractivity contribution in [3.8, 4) is 11.5 Å². The molecule has 0 spiro atoms. The molecular weight excluding hydrogens is 467 g/mol. The topological polar surface area (TPSA) is 26.3 Å². The Bertz CT molecular complexity index is 797. The summed E-state index contributed by atoms with van der Waals surface area (Å²) in [6.45, 7) is 0. The van der Waals surface area contributed by atoms with Crippen molar-refractivity contribution >= 4 is 56.0 Å². The van der Waals surface area contributed by atoms with Crippen molar-refractivity contribution in [2.45, 2.75) is 17.4 Å². The minimum absolute atomic E-state index is 0.0618. The van der Waals surface area contributed by atoms with Crippen LogP contribution in [0.3, 0.4) is 0 Å². The molecule has 2 rings (SSSR count). The quantitative estimate of drug-likeness (QED) is 0.348. The maximum atomic E-state index is 12.7. The van der Waals surface area contributed by atoms with E-state index >= 15 is 0 Å². The Morgan fingerprint density at radius 2 is 1.80 bits per heavy atom. The van der Waals surface area contributed by atoms with Crippen LogP contribution in [0.25, 0.3) is 0 Å². The molecule has 2 aromatic rings. The zero-order valence-corrected chi connectivity index (χ0v) is 16.1. The van der Waals surface area contributed by atoms with Crippen LogP contribution in [0.1, 0.15) is 11.1 Å². The summed E-state index contributed by atoms with van der Waals surface area (Å²) in [5.41, 5.74) is -0.289. The predicted molar refractivity (Wildman–Crippen MR) is 95.3 cm³/mol. The van der Waals surface area contributed by atoms with E-state index < -0.39 is 21.8 Å². The zero-order valence-electron chi connectivity index (χ0n) is 12.2. The van der Waals surface area contributed by atoms with Gasteiger partial charge in [0.2, 0.25) is 5.24 Å². The van der Waals surface area contributed by atoms with E-state index in [1.54, 1.807) is 12.1 Å². The molecule has 0 fully saturated rings. The van der Waals surface area contributed by atoms with E-state index in [1.807, 2.05) is 0 Å². The normalized spacial score (nSPS) is 12.8. The Labute approximate surface area is 164 Å². The number of benzene rings is 2. The average Bonchev–Trinajstić information content (AvgIpc) is 2.51. The summed E-state index contributed by atoms with van der Waals surface area (Å²) < 4.78 is 43.5. The molecule has 2 aromatic carbocycles. The van der Waals surface area contributed by atoms with Crippen LogP contribution in [0, 0.1) is 0 Å². The lowest BCUT2D eigenvalue weighted by Gasteiger charge is -2.13. The first-order chi connectivity index (χ1) is 11.6. The minimum Gasteiger partial charge on any atom is -0.456 e. The van der Waals surface area contributed by atoms with E-state index in [-0.39, 0.29) is 17.2 Å². The molecule has 0 aliphatic heterocycles. The number of hydrogen-bond donors (Lipinski definition) is 0. The SMILES string of the molecule is O=C(Cl)C(Br)Cc1cc(Oc2ccc(C(F)(F)F)cc2Cl)ccc1Cl. The number of alkyl halides is 4. The number of hydrogen-bond acceptors (Lipinski definition) is 2. The number of halogens is 7. The van der Waals surface area contributed by atoms with Crippen molar-refractivity contribution in [1.82, 2.24) is 0 Å². The highest BCUT2D eigenvalue weighted by atomic mass is 79.9. The van der Waals surface area contributed by atoms with Crippen LogP contribution in [-0.2, 0) is 17.4 Å². The van der Waals surface area contributed by atoms with Gasteiger partial charge in [0.15, 0.2) is 0 Å². The van der Waals surface area contributed by atoms with Crippen molar-refractivity contribution in [3.05, 3.63) is 57.6 Å². The molecule has 0 aromatic heterocycles. The summed E-state index contributed by atoms with van der Waals surface area (Å²) in [5, 5.41) is -0.359. The van der Waals surface area contributed by atoms with Crippen LogP contribution in [-0.4, -0.2) is 10.1 Å². The second-order valence-corrected chi connectivity index (χ2v) is 7.27. The first-order valence-corrected chi connectivity index (χ1v) is 8.79. The second-order valence-electron chi connectivity index (χ2n) is 4.97. The summed E-state index contributed by atoms with van der Waals surface area (Å²) in [7, 11) is 0. The summed E-state index contributed by atoms with van der Waals surface area (Å²) in [4.78, 5) is 10.5. The fourth-order valence-electron chi connectivity index (χ4n) is 1.93. The van der Waals surface area contributed by atoms with E-state index in [1.165, 1.54) is 6.07 Å².